The first-order valence-electron chi connectivity index (χ1n) is 9.27. The molecule has 0 bridgehead atoms. The highest BCUT2D eigenvalue weighted by Gasteiger charge is 2.36. The number of amides is 1. The van der Waals surface area contributed by atoms with Crippen molar-refractivity contribution in [1.82, 2.24) is 0 Å². The Bertz CT molecular complexity index is 1120. The van der Waals surface area contributed by atoms with Crippen molar-refractivity contribution in [2.45, 2.75) is 12.7 Å². The fraction of sp³-hybridized carbons (Fsp3) is 0.0909. The highest BCUT2D eigenvalue weighted by molar-refractivity contribution is 6.06. The predicted molar refractivity (Wildman–Crippen MR) is 114 cm³/mol. The zero-order valence-electron chi connectivity index (χ0n) is 16.9. The number of hydrogen-bond donors (Lipinski definition) is 2. The molecule has 3 N–H and O–H groups in total. The summed E-state index contributed by atoms with van der Waals surface area (Å²) in [6.07, 6.45) is -4.77. The van der Waals surface area contributed by atoms with E-state index in [1.165, 1.54) is 12.1 Å². The molecule has 0 aromatic heterocycles. The van der Waals surface area contributed by atoms with Crippen molar-refractivity contribution in [3.8, 4) is 5.75 Å². The molecule has 172 valence electrons. The van der Waals surface area contributed by atoms with Gasteiger partial charge in [0, 0.05) is 24.4 Å². The minimum absolute atomic E-state index is 0.137. The van der Waals surface area contributed by atoms with Crippen LogP contribution in [0.25, 0.3) is 0 Å². The molecule has 0 aliphatic rings. The monoisotopic (exact) mass is 461 g/mol. The SMILES string of the molecule is NCc1cccc(NC(=O)c2cccc(C(F)(F)F)c2OC=O)c1.O=[N+]([O-])c1ccccc1. The normalized spacial score (nSPS) is 10.4. The maximum Gasteiger partial charge on any atom is 0.420 e. The number of nitro benzene ring substituents is 1. The van der Waals surface area contributed by atoms with Gasteiger partial charge < -0.3 is 15.8 Å². The molecule has 0 unspecified atom stereocenters. The number of anilines is 1. The number of para-hydroxylation sites is 2. The number of rotatable bonds is 6. The van der Waals surface area contributed by atoms with E-state index < -0.39 is 33.9 Å². The van der Waals surface area contributed by atoms with E-state index in [1.807, 2.05) is 0 Å². The van der Waals surface area contributed by atoms with Crippen LogP contribution in [-0.2, 0) is 17.5 Å². The number of alkyl halides is 3. The number of hydrogen-bond acceptors (Lipinski definition) is 6. The lowest BCUT2D eigenvalue weighted by atomic mass is 10.1. The Morgan fingerprint density at radius 2 is 1.73 bits per heavy atom. The van der Waals surface area contributed by atoms with Gasteiger partial charge in [-0.2, -0.15) is 13.2 Å². The first-order valence-corrected chi connectivity index (χ1v) is 9.27. The van der Waals surface area contributed by atoms with Crippen molar-refractivity contribution in [2.75, 3.05) is 5.32 Å². The number of ether oxygens (including phenoxy) is 1. The Kier molecular flexibility index (Phi) is 8.64. The van der Waals surface area contributed by atoms with Crippen molar-refractivity contribution in [1.29, 1.82) is 0 Å². The summed E-state index contributed by atoms with van der Waals surface area (Å²) in [7, 11) is 0. The molecule has 3 aromatic carbocycles. The van der Waals surface area contributed by atoms with E-state index in [9.17, 15) is 32.9 Å². The van der Waals surface area contributed by atoms with E-state index in [4.69, 9.17) is 5.73 Å². The zero-order chi connectivity index (χ0) is 24.4. The molecule has 0 atom stereocenters. The minimum Gasteiger partial charge on any atom is -0.427 e. The molecule has 0 aliphatic heterocycles. The van der Waals surface area contributed by atoms with Gasteiger partial charge in [0.2, 0.25) is 0 Å². The van der Waals surface area contributed by atoms with Crippen LogP contribution in [0.1, 0.15) is 21.5 Å². The summed E-state index contributed by atoms with van der Waals surface area (Å²) in [6, 6.07) is 17.4. The molecular weight excluding hydrogens is 443 g/mol. The van der Waals surface area contributed by atoms with Gasteiger partial charge in [0.05, 0.1) is 16.1 Å². The second kappa shape index (κ2) is 11.4. The molecule has 1 amide bonds. The van der Waals surface area contributed by atoms with Crippen molar-refractivity contribution in [3.63, 3.8) is 0 Å². The lowest BCUT2D eigenvalue weighted by Gasteiger charge is -2.14. The number of carbonyl (C=O) groups excluding carboxylic acids is 2. The molecule has 0 aliphatic carbocycles. The van der Waals surface area contributed by atoms with Gasteiger partial charge in [0.25, 0.3) is 18.1 Å². The average Bonchev–Trinajstić information content (AvgIpc) is 2.79. The third-order valence-corrected chi connectivity index (χ3v) is 4.12. The second-order valence-corrected chi connectivity index (χ2v) is 6.35. The summed E-state index contributed by atoms with van der Waals surface area (Å²) in [5, 5.41) is 12.5. The summed E-state index contributed by atoms with van der Waals surface area (Å²) in [5.74, 6) is -1.68. The summed E-state index contributed by atoms with van der Waals surface area (Å²) in [4.78, 5) is 32.4. The third-order valence-electron chi connectivity index (χ3n) is 4.12. The number of carbonyl (C=O) groups is 2. The van der Waals surface area contributed by atoms with Crippen LogP contribution in [0.5, 0.6) is 5.75 Å². The van der Waals surface area contributed by atoms with Crippen molar-refractivity contribution >= 4 is 23.8 Å². The molecule has 33 heavy (non-hydrogen) atoms. The average molecular weight is 461 g/mol. The van der Waals surface area contributed by atoms with Crippen molar-refractivity contribution < 1.29 is 32.4 Å². The van der Waals surface area contributed by atoms with Crippen LogP contribution >= 0.6 is 0 Å². The zero-order valence-corrected chi connectivity index (χ0v) is 16.9. The van der Waals surface area contributed by atoms with Crippen molar-refractivity contribution in [3.05, 3.63) is 99.6 Å². The lowest BCUT2D eigenvalue weighted by molar-refractivity contribution is -0.384. The van der Waals surface area contributed by atoms with Crippen molar-refractivity contribution in [2.24, 2.45) is 5.73 Å². The van der Waals surface area contributed by atoms with Gasteiger partial charge >= 0.3 is 6.18 Å². The first kappa shape index (κ1) is 25.0. The molecule has 0 heterocycles. The van der Waals surface area contributed by atoms with Crippen LogP contribution < -0.4 is 15.8 Å². The Labute approximate surface area is 185 Å². The topological polar surface area (TPSA) is 125 Å². The maximum absolute atomic E-state index is 13.0. The van der Waals surface area contributed by atoms with Gasteiger partial charge in [-0.25, -0.2) is 0 Å². The van der Waals surface area contributed by atoms with Crippen LogP contribution in [0, 0.1) is 10.1 Å². The van der Waals surface area contributed by atoms with E-state index in [2.05, 4.69) is 10.1 Å². The van der Waals surface area contributed by atoms with E-state index in [-0.39, 0.29) is 18.7 Å². The Balaban J connectivity index is 0.000000357. The first-order chi connectivity index (χ1) is 15.7. The lowest BCUT2D eigenvalue weighted by Crippen LogP contribution is -2.17. The summed E-state index contributed by atoms with van der Waals surface area (Å²) in [6.45, 7) is 0.0865. The minimum atomic E-state index is -4.77. The number of nitro groups is 1. The number of non-ortho nitro benzene ring substituents is 1. The third kappa shape index (κ3) is 7.14. The molecule has 0 saturated heterocycles. The smallest absolute Gasteiger partial charge is 0.420 e. The van der Waals surface area contributed by atoms with Gasteiger partial charge in [0.1, 0.15) is 0 Å². The van der Waals surface area contributed by atoms with Gasteiger partial charge in [-0.1, -0.05) is 36.4 Å². The summed E-state index contributed by atoms with van der Waals surface area (Å²) < 4.78 is 43.4. The number of benzene rings is 3. The molecule has 3 aromatic rings. The fourth-order valence-electron chi connectivity index (χ4n) is 2.64. The number of nitrogens with one attached hydrogen (secondary N) is 1. The van der Waals surface area contributed by atoms with Crippen LogP contribution in [0.2, 0.25) is 0 Å². The molecule has 0 saturated carbocycles. The van der Waals surface area contributed by atoms with Crippen LogP contribution in [-0.4, -0.2) is 17.3 Å². The Morgan fingerprint density at radius 1 is 1.06 bits per heavy atom. The molecular formula is C22H18F3N3O5. The Morgan fingerprint density at radius 3 is 2.27 bits per heavy atom. The molecule has 11 heteroatoms. The van der Waals surface area contributed by atoms with E-state index in [0.717, 1.165) is 23.8 Å². The fourth-order valence-corrected chi connectivity index (χ4v) is 2.64. The molecule has 0 spiro atoms. The van der Waals surface area contributed by atoms with Crippen LogP contribution in [0.15, 0.2) is 72.8 Å². The quantitative estimate of drug-likeness (QED) is 0.315. The molecule has 0 fully saturated rings. The van der Waals surface area contributed by atoms with Gasteiger partial charge in [-0.15, -0.1) is 0 Å². The predicted octanol–water partition coefficient (Wildman–Crippen LogP) is 4.55. The maximum atomic E-state index is 13.0. The number of nitrogens with two attached hydrogens (primary N) is 1. The number of nitrogens with zero attached hydrogens (tertiary/aromatic N) is 1. The second-order valence-electron chi connectivity index (χ2n) is 6.35. The van der Waals surface area contributed by atoms with Gasteiger partial charge in [0.15, 0.2) is 5.75 Å². The van der Waals surface area contributed by atoms with Crippen LogP contribution in [0.4, 0.5) is 24.5 Å². The molecule has 3 rings (SSSR count). The van der Waals surface area contributed by atoms with Gasteiger partial charge in [-0.05, 0) is 29.8 Å². The molecule has 8 nitrogen and oxygen atoms in total. The highest BCUT2D eigenvalue weighted by Crippen LogP contribution is 2.38. The van der Waals surface area contributed by atoms with Gasteiger partial charge in [-0.3, -0.25) is 19.7 Å². The van der Waals surface area contributed by atoms with E-state index >= 15 is 0 Å². The van der Waals surface area contributed by atoms with E-state index in [0.29, 0.717) is 5.69 Å². The highest BCUT2D eigenvalue weighted by atomic mass is 19.4. The number of halogens is 3. The Hall–Kier alpha value is -4.25. The summed E-state index contributed by atoms with van der Waals surface area (Å²) in [5.41, 5.74) is 5.11. The summed E-state index contributed by atoms with van der Waals surface area (Å²) >= 11 is 0. The van der Waals surface area contributed by atoms with Crippen LogP contribution in [0.3, 0.4) is 0 Å². The molecule has 0 radical (unpaired) electrons. The standard InChI is InChI=1S/C16H13F3N2O3.C6H5NO2/c17-16(18,19)13-6-2-5-12(14(13)24-9-22)15(23)21-11-4-1-3-10(7-11)8-20;8-7(9)6-4-2-1-3-5-6/h1-7,9H,8,20H2,(H,21,23);1-5H. The largest absolute Gasteiger partial charge is 0.427 e. The van der Waals surface area contributed by atoms with E-state index in [1.54, 1.807) is 42.5 Å².